The number of aliphatic hydroxyl groups is 1. The number of nitrogens with zero attached hydrogens (tertiary/aromatic N) is 5. The summed E-state index contributed by atoms with van der Waals surface area (Å²) in [7, 11) is 0. The van der Waals surface area contributed by atoms with Crippen molar-refractivity contribution in [1.82, 2.24) is 19.2 Å². The van der Waals surface area contributed by atoms with E-state index in [9.17, 15) is 9.90 Å². The zero-order chi connectivity index (χ0) is 25.4. The molecule has 4 aliphatic rings. The molecule has 8 nitrogen and oxygen atoms in total. The summed E-state index contributed by atoms with van der Waals surface area (Å²) in [6.45, 7) is 2.73. The number of hydrogen-bond donors (Lipinski definition) is 1. The lowest BCUT2D eigenvalue weighted by Crippen LogP contribution is -2.47. The summed E-state index contributed by atoms with van der Waals surface area (Å²) >= 11 is 1.52. The number of rotatable bonds is 6. The fourth-order valence-corrected chi connectivity index (χ4v) is 6.22. The van der Waals surface area contributed by atoms with E-state index in [0.29, 0.717) is 37.4 Å². The van der Waals surface area contributed by atoms with Crippen LogP contribution in [-0.2, 0) is 17.6 Å². The molecule has 0 aromatic carbocycles. The topological polar surface area (TPSA) is 91.7 Å². The third-order valence-corrected chi connectivity index (χ3v) is 8.51. The van der Waals surface area contributed by atoms with Crippen molar-refractivity contribution in [3.05, 3.63) is 53.1 Å². The second kappa shape index (κ2) is 9.92. The number of aromatic nitrogens is 3. The lowest BCUT2D eigenvalue weighted by molar-refractivity contribution is -0.126. The minimum Gasteiger partial charge on any atom is -0.485 e. The second-order valence-corrected chi connectivity index (χ2v) is 11.2. The van der Waals surface area contributed by atoms with Gasteiger partial charge in [-0.3, -0.25) is 9.78 Å². The molecule has 2 aromatic rings. The van der Waals surface area contributed by atoms with E-state index in [4.69, 9.17) is 16.1 Å². The molecule has 37 heavy (non-hydrogen) atoms. The molecule has 2 aromatic heterocycles. The van der Waals surface area contributed by atoms with Gasteiger partial charge in [0.05, 0.1) is 12.3 Å². The average Bonchev–Trinajstić information content (AvgIpc) is 3.30. The number of anilines is 1. The van der Waals surface area contributed by atoms with Crippen LogP contribution in [0.15, 0.2) is 36.1 Å². The molecule has 3 aliphatic heterocycles. The summed E-state index contributed by atoms with van der Waals surface area (Å²) < 4.78 is 11.0. The molecule has 0 bridgehead atoms. The molecule has 1 atom stereocenters. The van der Waals surface area contributed by atoms with Crippen molar-refractivity contribution >= 4 is 22.6 Å². The van der Waals surface area contributed by atoms with Crippen molar-refractivity contribution in [1.29, 1.82) is 0 Å². The largest absolute Gasteiger partial charge is 0.485 e. The lowest BCUT2D eigenvalue weighted by atomic mass is 9.87. The van der Waals surface area contributed by atoms with E-state index in [0.717, 1.165) is 54.8 Å². The number of carbonyl (C=O) groups excluding carboxylic acids is 1. The molecule has 0 radical (unpaired) electrons. The number of ether oxygens (including phenoxy) is 1. The summed E-state index contributed by atoms with van der Waals surface area (Å²) in [6.07, 6.45) is 18.4. The number of fused-ring (bicyclic) bond motifs is 1. The fraction of sp³-hybridized carbons (Fsp3) is 0.500. The van der Waals surface area contributed by atoms with E-state index < -0.39 is 6.10 Å². The van der Waals surface area contributed by atoms with Gasteiger partial charge in [0.25, 0.3) is 5.91 Å². The average molecular weight is 518 g/mol. The number of allylic oxidation sites excluding steroid dienone is 2. The van der Waals surface area contributed by atoms with Gasteiger partial charge in [-0.1, -0.05) is 18.1 Å². The van der Waals surface area contributed by atoms with Crippen LogP contribution in [0.1, 0.15) is 55.1 Å². The molecule has 5 heterocycles. The first-order chi connectivity index (χ1) is 18.0. The monoisotopic (exact) mass is 517 g/mol. The Balaban J connectivity index is 1.06. The zero-order valence-corrected chi connectivity index (χ0v) is 21.6. The Hall–Kier alpha value is -3.22. The number of likely N-dealkylation sites (tertiary alicyclic amines) is 1. The smallest absolute Gasteiger partial charge is 0.254 e. The summed E-state index contributed by atoms with van der Waals surface area (Å²) in [5.41, 5.74) is 2.40. The minimum absolute atomic E-state index is 0.147. The Morgan fingerprint density at radius 2 is 2.14 bits per heavy atom. The van der Waals surface area contributed by atoms with Crippen LogP contribution in [0.4, 0.5) is 5.13 Å². The van der Waals surface area contributed by atoms with E-state index in [2.05, 4.69) is 26.2 Å². The predicted octanol–water partition coefficient (Wildman–Crippen LogP) is 3.04. The van der Waals surface area contributed by atoms with E-state index in [1.54, 1.807) is 11.0 Å². The van der Waals surface area contributed by atoms with Crippen molar-refractivity contribution in [3.8, 4) is 18.1 Å². The molecule has 1 saturated carbocycles. The van der Waals surface area contributed by atoms with Gasteiger partial charge >= 0.3 is 0 Å². The van der Waals surface area contributed by atoms with Crippen LogP contribution in [0, 0.1) is 12.3 Å². The first kappa shape index (κ1) is 24.1. The van der Waals surface area contributed by atoms with Crippen LogP contribution < -0.4 is 9.64 Å². The molecule has 1 spiro atoms. The highest BCUT2D eigenvalue weighted by molar-refractivity contribution is 7.09. The number of aliphatic hydroxyl groups excluding tert-OH is 1. The molecule has 2 saturated heterocycles. The third kappa shape index (κ3) is 5.13. The van der Waals surface area contributed by atoms with Gasteiger partial charge in [0.1, 0.15) is 17.2 Å². The van der Waals surface area contributed by atoms with Crippen LogP contribution in [0.5, 0.6) is 5.75 Å². The van der Waals surface area contributed by atoms with Gasteiger partial charge in [-0.25, -0.2) is 4.98 Å². The molecule has 1 unspecified atom stereocenters. The van der Waals surface area contributed by atoms with Crippen molar-refractivity contribution in [2.75, 3.05) is 31.1 Å². The van der Waals surface area contributed by atoms with Crippen molar-refractivity contribution in [2.24, 2.45) is 0 Å². The van der Waals surface area contributed by atoms with Gasteiger partial charge in [0.15, 0.2) is 0 Å². The first-order valence-corrected chi connectivity index (χ1v) is 13.8. The van der Waals surface area contributed by atoms with Crippen LogP contribution in [0.2, 0.25) is 0 Å². The summed E-state index contributed by atoms with van der Waals surface area (Å²) in [5.74, 6) is 4.80. The number of hydrogen-bond acceptors (Lipinski definition) is 8. The van der Waals surface area contributed by atoms with E-state index >= 15 is 0 Å². The molecule has 1 aliphatic carbocycles. The quantitative estimate of drug-likeness (QED) is 0.358. The molecule has 6 rings (SSSR count). The molecular weight excluding hydrogens is 486 g/mol. The second-order valence-electron chi connectivity index (χ2n) is 10.5. The molecule has 1 amide bonds. The Bertz CT molecular complexity index is 1280. The number of pyridine rings is 1. The van der Waals surface area contributed by atoms with Crippen molar-refractivity contribution in [3.63, 3.8) is 0 Å². The summed E-state index contributed by atoms with van der Waals surface area (Å²) in [4.78, 5) is 26.1. The highest BCUT2D eigenvalue weighted by atomic mass is 32.1. The maximum absolute atomic E-state index is 12.8. The number of carbonyl (C=O) groups is 1. The normalized spacial score (nSPS) is 22.9. The first-order valence-electron chi connectivity index (χ1n) is 13.1. The summed E-state index contributed by atoms with van der Waals surface area (Å²) in [5, 5.41) is 10.8. The minimum atomic E-state index is -0.460. The molecule has 192 valence electrons. The van der Waals surface area contributed by atoms with E-state index in [1.807, 2.05) is 12.3 Å². The summed E-state index contributed by atoms with van der Waals surface area (Å²) in [6, 6.07) is 2.12. The lowest BCUT2D eigenvalue weighted by Gasteiger charge is -2.38. The number of amides is 1. The highest BCUT2D eigenvalue weighted by Gasteiger charge is 2.43. The highest BCUT2D eigenvalue weighted by Crippen LogP contribution is 2.43. The van der Waals surface area contributed by atoms with Crippen LogP contribution in [-0.4, -0.2) is 68.1 Å². The number of terminal acetylenes is 1. The standard InChI is InChI=1S/C28H31N5O3S/c1-2-4-20(26(35)33-12-9-23(34)18-33)5-3-6-22-15-21-16-28(36-24(21)17-29-22)10-13-32(14-11-28)27-30-25(31-37-27)19-7-8-19/h1,3-5,15,17,19,23,34H,6-14,16,18H2/b5-3-,20-4+. The maximum atomic E-state index is 12.8. The number of piperidine rings is 1. The van der Waals surface area contributed by atoms with Gasteiger partial charge < -0.3 is 19.6 Å². The van der Waals surface area contributed by atoms with E-state index in [-0.39, 0.29) is 11.5 Å². The fourth-order valence-electron chi connectivity index (χ4n) is 5.43. The molecule has 1 N–H and O–H groups in total. The SMILES string of the molecule is C#C/C=C(\C=C/Cc1cc2c(cn1)OC1(CCN(c3nc(C4CC4)ns3)CC1)C2)C(=O)N1CCC(O)C1. The van der Waals surface area contributed by atoms with Crippen LogP contribution in [0.3, 0.4) is 0 Å². The van der Waals surface area contributed by atoms with Gasteiger partial charge in [0.2, 0.25) is 5.13 Å². The van der Waals surface area contributed by atoms with E-state index in [1.165, 1.54) is 36.0 Å². The van der Waals surface area contributed by atoms with Gasteiger partial charge in [-0.05, 0) is 25.3 Å². The molecular formula is C28H31N5O3S. The third-order valence-electron chi connectivity index (χ3n) is 7.72. The Labute approximate surface area is 221 Å². The van der Waals surface area contributed by atoms with Gasteiger partial charge in [0, 0.05) is 92.2 Å². The molecule has 3 fully saturated rings. The zero-order valence-electron chi connectivity index (χ0n) is 20.8. The maximum Gasteiger partial charge on any atom is 0.254 e. The van der Waals surface area contributed by atoms with Crippen molar-refractivity contribution in [2.45, 2.75) is 62.6 Å². The van der Waals surface area contributed by atoms with Gasteiger partial charge in [-0.2, -0.15) is 4.37 Å². The van der Waals surface area contributed by atoms with Crippen LogP contribution >= 0.6 is 11.5 Å². The Morgan fingerprint density at radius 1 is 1.30 bits per heavy atom. The van der Waals surface area contributed by atoms with Gasteiger partial charge in [-0.15, -0.1) is 6.42 Å². The molecule has 9 heteroatoms. The Kier molecular flexibility index (Phi) is 6.47. The van der Waals surface area contributed by atoms with Crippen LogP contribution in [0.25, 0.3) is 0 Å². The predicted molar refractivity (Wildman–Crippen MR) is 142 cm³/mol. The Morgan fingerprint density at radius 3 is 2.86 bits per heavy atom. The number of β-amino-alcohol motifs (C(OH)–C–C–N with tert-alkyl or cyclic N) is 1. The van der Waals surface area contributed by atoms with Crippen molar-refractivity contribution < 1.29 is 14.6 Å².